The fraction of sp³-hybridized carbons (Fsp3) is 0.286. The predicted octanol–water partition coefficient (Wildman–Crippen LogP) is 6.73. The number of methoxy groups -OCH3 is 1. The number of benzene rings is 3. The first-order valence-corrected chi connectivity index (χ1v) is 12.0. The molecule has 0 saturated carbocycles. The number of hydrogen-bond donors (Lipinski definition) is 0. The van der Waals surface area contributed by atoms with Gasteiger partial charge in [-0.3, -0.25) is 0 Å². The van der Waals surface area contributed by atoms with E-state index in [1.165, 1.54) is 35.7 Å². The van der Waals surface area contributed by atoms with E-state index in [2.05, 4.69) is 40.2 Å². The van der Waals surface area contributed by atoms with Crippen LogP contribution in [0.1, 0.15) is 30.7 Å². The van der Waals surface area contributed by atoms with Crippen molar-refractivity contribution in [2.75, 3.05) is 25.1 Å². The highest BCUT2D eigenvalue weighted by molar-refractivity contribution is 6.31. The normalized spacial score (nSPS) is 13.9. The zero-order valence-electron chi connectivity index (χ0n) is 18.9. The summed E-state index contributed by atoms with van der Waals surface area (Å²) in [7, 11) is 1.72. The van der Waals surface area contributed by atoms with E-state index < -0.39 is 0 Å². The van der Waals surface area contributed by atoms with Crippen molar-refractivity contribution in [3.63, 3.8) is 0 Å². The Bertz CT molecular complexity index is 1270. The standard InChI is InChI=1S/C28H28ClN3O/c1-33-23-11-9-21-17-22(18-27(24(21)19-23)32-15-5-2-6-16-32)26-13-14-30-28(31-26)12-10-20-7-3-4-8-25(20)29/h3-4,7-9,11,13-14,17-19H,2,5-6,10,12,15-16H2,1H3. The fourth-order valence-electron chi connectivity index (χ4n) is 4.62. The zero-order valence-corrected chi connectivity index (χ0v) is 19.7. The van der Waals surface area contributed by atoms with Gasteiger partial charge in [0.15, 0.2) is 0 Å². The second kappa shape index (κ2) is 9.80. The predicted molar refractivity (Wildman–Crippen MR) is 136 cm³/mol. The Morgan fingerprint density at radius 3 is 2.61 bits per heavy atom. The monoisotopic (exact) mass is 457 g/mol. The van der Waals surface area contributed by atoms with E-state index in [-0.39, 0.29) is 0 Å². The van der Waals surface area contributed by atoms with E-state index in [1.54, 1.807) is 7.11 Å². The van der Waals surface area contributed by atoms with Gasteiger partial charge in [0.05, 0.1) is 12.8 Å². The Kier molecular flexibility index (Phi) is 6.45. The summed E-state index contributed by atoms with van der Waals surface area (Å²) in [6.45, 7) is 2.17. The first kappa shape index (κ1) is 21.7. The van der Waals surface area contributed by atoms with Crippen LogP contribution in [0.2, 0.25) is 5.02 Å². The molecule has 0 amide bonds. The third kappa shape index (κ3) is 4.81. The number of ether oxygens (including phenoxy) is 1. The van der Waals surface area contributed by atoms with E-state index in [4.69, 9.17) is 21.3 Å². The van der Waals surface area contributed by atoms with Gasteiger partial charge in [0, 0.05) is 47.4 Å². The molecule has 5 heteroatoms. The third-order valence-corrected chi connectivity index (χ3v) is 6.78. The topological polar surface area (TPSA) is 38.3 Å². The maximum atomic E-state index is 6.33. The molecule has 3 aromatic carbocycles. The lowest BCUT2D eigenvalue weighted by Gasteiger charge is -2.30. The second-order valence-electron chi connectivity index (χ2n) is 8.58. The molecule has 0 spiro atoms. The molecule has 1 aliphatic rings. The molecule has 33 heavy (non-hydrogen) atoms. The van der Waals surface area contributed by atoms with Gasteiger partial charge >= 0.3 is 0 Å². The first-order chi connectivity index (χ1) is 16.2. The van der Waals surface area contributed by atoms with Crippen LogP contribution in [0.25, 0.3) is 22.0 Å². The van der Waals surface area contributed by atoms with E-state index >= 15 is 0 Å². The maximum Gasteiger partial charge on any atom is 0.129 e. The van der Waals surface area contributed by atoms with E-state index in [0.29, 0.717) is 0 Å². The van der Waals surface area contributed by atoms with Crippen LogP contribution in [-0.2, 0) is 12.8 Å². The highest BCUT2D eigenvalue weighted by Gasteiger charge is 2.16. The quantitative estimate of drug-likeness (QED) is 0.321. The molecule has 168 valence electrons. The van der Waals surface area contributed by atoms with E-state index in [0.717, 1.165) is 59.3 Å². The van der Waals surface area contributed by atoms with Crippen LogP contribution in [0.15, 0.2) is 66.9 Å². The summed E-state index contributed by atoms with van der Waals surface area (Å²) in [5, 5.41) is 3.22. The number of aryl methyl sites for hydroxylation is 2. The van der Waals surface area contributed by atoms with Crippen LogP contribution < -0.4 is 9.64 Å². The van der Waals surface area contributed by atoms with Crippen molar-refractivity contribution in [2.45, 2.75) is 32.1 Å². The van der Waals surface area contributed by atoms with Crippen molar-refractivity contribution in [3.05, 3.63) is 83.3 Å². The molecule has 0 aliphatic carbocycles. The van der Waals surface area contributed by atoms with Gasteiger partial charge in [-0.1, -0.05) is 35.9 Å². The van der Waals surface area contributed by atoms with Gasteiger partial charge < -0.3 is 9.64 Å². The number of halogens is 1. The molecule has 1 aliphatic heterocycles. The molecule has 4 aromatic rings. The molecule has 0 bridgehead atoms. The SMILES string of the molecule is COc1ccc2cc(-c3ccnc(CCc4ccccc4Cl)n3)cc(N3CCCCC3)c2c1. The van der Waals surface area contributed by atoms with Crippen LogP contribution in [0.3, 0.4) is 0 Å². The number of piperidine rings is 1. The van der Waals surface area contributed by atoms with Crippen molar-refractivity contribution in [1.29, 1.82) is 0 Å². The average Bonchev–Trinajstić information content (AvgIpc) is 2.88. The minimum Gasteiger partial charge on any atom is -0.497 e. The number of rotatable bonds is 6. The molecule has 1 saturated heterocycles. The fourth-order valence-corrected chi connectivity index (χ4v) is 4.85. The molecule has 0 unspecified atom stereocenters. The summed E-state index contributed by atoms with van der Waals surface area (Å²) < 4.78 is 5.52. The van der Waals surface area contributed by atoms with Crippen molar-refractivity contribution >= 4 is 28.1 Å². The maximum absolute atomic E-state index is 6.33. The van der Waals surface area contributed by atoms with Crippen molar-refractivity contribution in [2.24, 2.45) is 0 Å². The van der Waals surface area contributed by atoms with Crippen molar-refractivity contribution in [1.82, 2.24) is 9.97 Å². The highest BCUT2D eigenvalue weighted by atomic mass is 35.5. The largest absolute Gasteiger partial charge is 0.497 e. The summed E-state index contributed by atoms with van der Waals surface area (Å²) >= 11 is 6.33. The Labute approximate surface area is 200 Å². The van der Waals surface area contributed by atoms with Gasteiger partial charge in [0.25, 0.3) is 0 Å². The highest BCUT2D eigenvalue weighted by Crippen LogP contribution is 2.36. The van der Waals surface area contributed by atoms with Crippen molar-refractivity contribution in [3.8, 4) is 17.0 Å². The van der Waals surface area contributed by atoms with Crippen LogP contribution in [0.4, 0.5) is 5.69 Å². The molecule has 0 N–H and O–H groups in total. The molecule has 2 heterocycles. The summed E-state index contributed by atoms with van der Waals surface area (Å²) in [5.74, 6) is 1.72. The minimum atomic E-state index is 0.751. The Balaban J connectivity index is 1.50. The first-order valence-electron chi connectivity index (χ1n) is 11.6. The summed E-state index contributed by atoms with van der Waals surface area (Å²) in [6.07, 6.45) is 7.20. The number of fused-ring (bicyclic) bond motifs is 1. The molecule has 0 radical (unpaired) electrons. The lowest BCUT2D eigenvalue weighted by molar-refractivity contribution is 0.415. The summed E-state index contributed by atoms with van der Waals surface area (Å²) in [6, 6.07) is 20.8. The second-order valence-corrected chi connectivity index (χ2v) is 8.99. The van der Waals surface area contributed by atoms with Crippen molar-refractivity contribution < 1.29 is 4.74 Å². The van der Waals surface area contributed by atoms with E-state index in [9.17, 15) is 0 Å². The smallest absolute Gasteiger partial charge is 0.129 e. The minimum absolute atomic E-state index is 0.751. The van der Waals surface area contributed by atoms with Crippen LogP contribution >= 0.6 is 11.6 Å². The molecule has 1 fully saturated rings. The zero-order chi connectivity index (χ0) is 22.6. The molecule has 1 aromatic heterocycles. The lowest BCUT2D eigenvalue weighted by Crippen LogP contribution is -2.29. The lowest BCUT2D eigenvalue weighted by atomic mass is 10.00. The van der Waals surface area contributed by atoms with Crippen LogP contribution in [0, 0.1) is 0 Å². The molecule has 4 nitrogen and oxygen atoms in total. The van der Waals surface area contributed by atoms with Gasteiger partial charge in [-0.05, 0) is 73.0 Å². The Morgan fingerprint density at radius 1 is 0.939 bits per heavy atom. The van der Waals surface area contributed by atoms with Gasteiger partial charge in [0.1, 0.15) is 11.6 Å². The number of aromatic nitrogens is 2. The van der Waals surface area contributed by atoms with E-state index in [1.807, 2.05) is 36.5 Å². The van der Waals surface area contributed by atoms with Crippen LogP contribution in [-0.4, -0.2) is 30.2 Å². The number of hydrogen-bond acceptors (Lipinski definition) is 4. The average molecular weight is 458 g/mol. The number of nitrogens with zero attached hydrogens (tertiary/aromatic N) is 3. The summed E-state index contributed by atoms with van der Waals surface area (Å²) in [4.78, 5) is 12.0. The van der Waals surface area contributed by atoms with Gasteiger partial charge in [0.2, 0.25) is 0 Å². The van der Waals surface area contributed by atoms with Gasteiger partial charge in [-0.2, -0.15) is 0 Å². The molecular formula is C28H28ClN3O. The Morgan fingerprint density at radius 2 is 1.79 bits per heavy atom. The number of anilines is 1. The molecule has 0 atom stereocenters. The van der Waals surface area contributed by atoms with Crippen LogP contribution in [0.5, 0.6) is 5.75 Å². The summed E-state index contributed by atoms with van der Waals surface area (Å²) in [5.41, 5.74) is 4.46. The third-order valence-electron chi connectivity index (χ3n) is 6.41. The molecule has 5 rings (SSSR count). The Hall–Kier alpha value is -3.11. The van der Waals surface area contributed by atoms with Gasteiger partial charge in [-0.25, -0.2) is 9.97 Å². The van der Waals surface area contributed by atoms with Gasteiger partial charge in [-0.15, -0.1) is 0 Å². The molecular weight excluding hydrogens is 430 g/mol.